The lowest BCUT2D eigenvalue weighted by molar-refractivity contribution is 0.122. The molecule has 104 valence electrons. The number of hydrogen-bond acceptors (Lipinski definition) is 3. The van der Waals surface area contributed by atoms with Crippen molar-refractivity contribution in [2.45, 2.75) is 19.3 Å². The van der Waals surface area contributed by atoms with Crippen LogP contribution in [-0.4, -0.2) is 39.4 Å². The second-order valence-corrected chi connectivity index (χ2v) is 5.64. The molecule has 0 radical (unpaired) electrons. The first-order valence-corrected chi connectivity index (χ1v) is 7.55. The minimum Gasteiger partial charge on any atom is -0.378 e. The van der Waals surface area contributed by atoms with Crippen molar-refractivity contribution < 1.29 is 4.74 Å². The van der Waals surface area contributed by atoms with E-state index >= 15 is 0 Å². The van der Waals surface area contributed by atoms with Crippen LogP contribution in [0, 0.1) is 5.92 Å². The average Bonchev–Trinajstić information content (AvgIpc) is 2.50. The van der Waals surface area contributed by atoms with Gasteiger partial charge in [0.25, 0.3) is 0 Å². The van der Waals surface area contributed by atoms with Gasteiger partial charge < -0.3 is 15.0 Å². The van der Waals surface area contributed by atoms with Gasteiger partial charge in [-0.2, -0.15) is 0 Å². The Labute approximate surface area is 115 Å². The lowest BCUT2D eigenvalue weighted by atomic mass is 9.91. The minimum atomic E-state index is 0.802. The molecule has 0 aromatic heterocycles. The number of morpholine rings is 1. The fraction of sp³-hybridized carbons (Fsp3) is 0.625. The predicted octanol–water partition coefficient (Wildman–Crippen LogP) is 2.07. The molecule has 0 saturated carbocycles. The Balaban J connectivity index is 1.72. The fourth-order valence-corrected chi connectivity index (χ4v) is 3.21. The molecule has 0 bridgehead atoms. The first-order valence-electron chi connectivity index (χ1n) is 7.55. The van der Waals surface area contributed by atoms with E-state index in [4.69, 9.17) is 4.74 Å². The van der Waals surface area contributed by atoms with Gasteiger partial charge in [0.15, 0.2) is 0 Å². The predicted molar refractivity (Wildman–Crippen MR) is 78.8 cm³/mol. The molecule has 1 aromatic carbocycles. The molecule has 3 heteroatoms. The van der Waals surface area contributed by atoms with Crippen LogP contribution >= 0.6 is 0 Å². The lowest BCUT2D eigenvalue weighted by Crippen LogP contribution is -2.37. The zero-order chi connectivity index (χ0) is 12.9. The van der Waals surface area contributed by atoms with Crippen LogP contribution in [0.3, 0.4) is 0 Å². The van der Waals surface area contributed by atoms with Crippen LogP contribution in [0.5, 0.6) is 0 Å². The van der Waals surface area contributed by atoms with E-state index in [0.717, 1.165) is 32.2 Å². The van der Waals surface area contributed by atoms with Gasteiger partial charge in [0, 0.05) is 18.8 Å². The summed E-state index contributed by atoms with van der Waals surface area (Å²) in [5.41, 5.74) is 2.94. The smallest absolute Gasteiger partial charge is 0.0642 e. The fourth-order valence-electron chi connectivity index (χ4n) is 3.21. The molecule has 1 N–H and O–H groups in total. The van der Waals surface area contributed by atoms with Crippen LogP contribution in [0.25, 0.3) is 0 Å². The van der Waals surface area contributed by atoms with Crippen LogP contribution in [0.15, 0.2) is 24.3 Å². The molecule has 2 heterocycles. The molecule has 19 heavy (non-hydrogen) atoms. The molecule has 1 aromatic rings. The van der Waals surface area contributed by atoms with Crippen molar-refractivity contribution in [3.05, 3.63) is 29.8 Å². The zero-order valence-electron chi connectivity index (χ0n) is 11.6. The Morgan fingerprint density at radius 2 is 2.05 bits per heavy atom. The molecule has 0 aliphatic carbocycles. The molecule has 1 unspecified atom stereocenters. The molecule has 1 atom stereocenters. The number of para-hydroxylation sites is 1. The van der Waals surface area contributed by atoms with Crippen molar-refractivity contribution in [2.24, 2.45) is 5.92 Å². The van der Waals surface area contributed by atoms with Crippen molar-refractivity contribution in [3.8, 4) is 0 Å². The molecule has 2 fully saturated rings. The van der Waals surface area contributed by atoms with Gasteiger partial charge in [0.2, 0.25) is 0 Å². The van der Waals surface area contributed by atoms with Gasteiger partial charge in [-0.15, -0.1) is 0 Å². The SMILES string of the molecule is c1ccc(N2CCOCC2)c(CC2CCCNC2)c1. The molecular formula is C16H24N2O. The molecular weight excluding hydrogens is 236 g/mol. The zero-order valence-corrected chi connectivity index (χ0v) is 11.6. The monoisotopic (exact) mass is 260 g/mol. The Morgan fingerprint density at radius 1 is 1.21 bits per heavy atom. The van der Waals surface area contributed by atoms with E-state index in [9.17, 15) is 0 Å². The number of ether oxygens (including phenoxy) is 1. The van der Waals surface area contributed by atoms with E-state index in [2.05, 4.69) is 34.5 Å². The first kappa shape index (κ1) is 12.9. The summed E-state index contributed by atoms with van der Waals surface area (Å²) in [6.07, 6.45) is 3.90. The van der Waals surface area contributed by atoms with Gasteiger partial charge in [-0.1, -0.05) is 18.2 Å². The van der Waals surface area contributed by atoms with Gasteiger partial charge in [-0.25, -0.2) is 0 Å². The number of benzene rings is 1. The van der Waals surface area contributed by atoms with E-state index in [-0.39, 0.29) is 0 Å². The van der Waals surface area contributed by atoms with Gasteiger partial charge >= 0.3 is 0 Å². The quantitative estimate of drug-likeness (QED) is 0.900. The first-order chi connectivity index (χ1) is 9.43. The van der Waals surface area contributed by atoms with Crippen LogP contribution in [0.4, 0.5) is 5.69 Å². The molecule has 2 aliphatic rings. The summed E-state index contributed by atoms with van der Waals surface area (Å²) in [4.78, 5) is 2.48. The molecule has 2 saturated heterocycles. The maximum Gasteiger partial charge on any atom is 0.0642 e. The van der Waals surface area contributed by atoms with Gasteiger partial charge in [0.05, 0.1) is 13.2 Å². The highest BCUT2D eigenvalue weighted by molar-refractivity contribution is 5.54. The van der Waals surface area contributed by atoms with E-state index < -0.39 is 0 Å². The summed E-state index contributed by atoms with van der Waals surface area (Å²) < 4.78 is 5.46. The standard InChI is InChI=1S/C16H24N2O/c1-2-6-16(18-8-10-19-11-9-18)15(5-1)12-14-4-3-7-17-13-14/h1-2,5-6,14,17H,3-4,7-13H2. The Bertz CT molecular complexity index is 395. The second-order valence-electron chi connectivity index (χ2n) is 5.64. The molecule has 0 spiro atoms. The summed E-state index contributed by atoms with van der Waals surface area (Å²) in [5.74, 6) is 0.802. The van der Waals surface area contributed by atoms with Crippen molar-refractivity contribution in [1.82, 2.24) is 5.32 Å². The third-order valence-electron chi connectivity index (χ3n) is 4.25. The van der Waals surface area contributed by atoms with Gasteiger partial charge in [-0.3, -0.25) is 0 Å². The van der Waals surface area contributed by atoms with Gasteiger partial charge in [-0.05, 0) is 49.9 Å². The van der Waals surface area contributed by atoms with Crippen molar-refractivity contribution in [1.29, 1.82) is 0 Å². The number of hydrogen-bond donors (Lipinski definition) is 1. The van der Waals surface area contributed by atoms with E-state index in [1.54, 1.807) is 0 Å². The molecule has 3 nitrogen and oxygen atoms in total. The molecule has 0 amide bonds. The summed E-state index contributed by atoms with van der Waals surface area (Å²) in [6.45, 7) is 6.15. The van der Waals surface area contributed by atoms with Gasteiger partial charge in [0.1, 0.15) is 0 Å². The highest BCUT2D eigenvalue weighted by Gasteiger charge is 2.18. The number of nitrogens with one attached hydrogen (secondary N) is 1. The number of piperidine rings is 1. The summed E-state index contributed by atoms with van der Waals surface area (Å²) in [7, 11) is 0. The highest BCUT2D eigenvalue weighted by Crippen LogP contribution is 2.26. The summed E-state index contributed by atoms with van der Waals surface area (Å²) in [6, 6.07) is 8.92. The number of rotatable bonds is 3. The maximum atomic E-state index is 5.46. The average molecular weight is 260 g/mol. The second kappa shape index (κ2) is 6.40. The molecule has 3 rings (SSSR count). The Morgan fingerprint density at radius 3 is 2.84 bits per heavy atom. The minimum absolute atomic E-state index is 0.802. The normalized spacial score (nSPS) is 24.4. The lowest BCUT2D eigenvalue weighted by Gasteiger charge is -2.32. The Kier molecular flexibility index (Phi) is 4.36. The van der Waals surface area contributed by atoms with Crippen LogP contribution in [0.2, 0.25) is 0 Å². The third kappa shape index (κ3) is 3.28. The van der Waals surface area contributed by atoms with Crippen LogP contribution < -0.4 is 10.2 Å². The highest BCUT2D eigenvalue weighted by atomic mass is 16.5. The summed E-state index contributed by atoms with van der Waals surface area (Å²) >= 11 is 0. The largest absolute Gasteiger partial charge is 0.378 e. The number of nitrogens with zero attached hydrogens (tertiary/aromatic N) is 1. The number of anilines is 1. The topological polar surface area (TPSA) is 24.5 Å². The van der Waals surface area contributed by atoms with E-state index in [1.807, 2.05) is 0 Å². The van der Waals surface area contributed by atoms with Crippen molar-refractivity contribution in [3.63, 3.8) is 0 Å². The van der Waals surface area contributed by atoms with Crippen molar-refractivity contribution >= 4 is 5.69 Å². The Hall–Kier alpha value is -1.06. The summed E-state index contributed by atoms with van der Waals surface area (Å²) in [5, 5.41) is 3.52. The molecule has 2 aliphatic heterocycles. The maximum absolute atomic E-state index is 5.46. The van der Waals surface area contributed by atoms with E-state index in [1.165, 1.54) is 43.6 Å². The van der Waals surface area contributed by atoms with Crippen LogP contribution in [-0.2, 0) is 11.2 Å². The van der Waals surface area contributed by atoms with E-state index in [0.29, 0.717) is 0 Å². The third-order valence-corrected chi connectivity index (χ3v) is 4.25. The van der Waals surface area contributed by atoms with Crippen LogP contribution in [0.1, 0.15) is 18.4 Å². The van der Waals surface area contributed by atoms with Crippen molar-refractivity contribution in [2.75, 3.05) is 44.3 Å².